The molecule has 8 unspecified atom stereocenters. The number of rotatable bonds is 49. The fraction of sp³-hybridized carbons (Fsp3) is 0.746. The molecule has 1 rings (SSSR count). The van der Waals surface area contributed by atoms with Gasteiger partial charge in [-0.15, -0.1) is 0 Å². The Bertz CT molecular complexity index is 1520. The third-order valence-electron chi connectivity index (χ3n) is 13.6. The smallest absolute Gasteiger partial charge is 0.306 e. The highest BCUT2D eigenvalue weighted by Crippen LogP contribution is 2.26. The third-order valence-corrected chi connectivity index (χ3v) is 13.6. The van der Waals surface area contributed by atoms with Crippen LogP contribution in [0.1, 0.15) is 239 Å². The highest BCUT2D eigenvalue weighted by Gasteiger charge is 2.47. The molecule has 0 aromatic carbocycles. The molecule has 8 atom stereocenters. The number of hydrogen-bond acceptors (Lipinski definition) is 10. The third kappa shape index (κ3) is 38.4. The van der Waals surface area contributed by atoms with Crippen LogP contribution in [0, 0.1) is 0 Å². The first kappa shape index (κ1) is 68.9. The van der Waals surface area contributed by atoms with Crippen LogP contribution in [0.5, 0.6) is 0 Å². The normalized spacial score (nSPS) is 19.9. The monoisotopic (exact) mass is 1040 g/mol. The van der Waals surface area contributed by atoms with Gasteiger partial charge in [-0.25, -0.2) is 0 Å². The van der Waals surface area contributed by atoms with Gasteiger partial charge < -0.3 is 45.1 Å². The largest absolute Gasteiger partial charge is 0.454 e. The summed E-state index contributed by atoms with van der Waals surface area (Å²) in [5.74, 6) is -1.22. The number of amides is 1. The van der Waals surface area contributed by atoms with E-state index in [4.69, 9.17) is 14.2 Å². The zero-order valence-corrected chi connectivity index (χ0v) is 46.9. The second-order valence-electron chi connectivity index (χ2n) is 20.4. The number of ether oxygens (including phenoxy) is 3. The minimum Gasteiger partial charge on any atom is -0.454 e. The number of aliphatic hydroxyl groups excluding tert-OH is 5. The summed E-state index contributed by atoms with van der Waals surface area (Å²) in [7, 11) is 0. The van der Waals surface area contributed by atoms with Crippen molar-refractivity contribution in [3.63, 3.8) is 0 Å². The molecule has 1 amide bonds. The number of hydrogen-bond donors (Lipinski definition) is 6. The van der Waals surface area contributed by atoms with E-state index in [0.29, 0.717) is 12.8 Å². The first-order valence-corrected chi connectivity index (χ1v) is 29.9. The predicted octanol–water partition coefficient (Wildman–Crippen LogP) is 13.8. The minimum atomic E-state index is -1.62. The Morgan fingerprint density at radius 2 is 0.973 bits per heavy atom. The van der Waals surface area contributed by atoms with E-state index in [-0.39, 0.29) is 19.4 Å². The lowest BCUT2D eigenvalue weighted by Gasteiger charge is -2.41. The van der Waals surface area contributed by atoms with E-state index in [2.05, 4.69) is 99.0 Å². The standard InChI is InChI=1S/C63H109NO10/c1-4-7-10-13-16-19-22-24-25-26-27-28-29-30-31-32-33-36-38-41-44-47-50-56(67)62(71)64-54(55(66)49-46-43-40-37-35-23-20-17-14-11-8-5-2)53-72-63-61(60(70)59(69)57(52-65)73-63)74-58(68)51-48-45-42-39-34-21-18-15-12-9-6-3/h7,10,16,19,24-25,27-28,30-31,33,36,46,49,54-57,59-61,63,65-67,69-70H,4-6,8-9,11-15,17-18,20-23,26,29,32,34-35,37-45,47-48,50-53H2,1-3H3,(H,64,71)/b10-7-,19-16-,25-24-,28-27-,31-30-,36-33-,49-46+. The number of carbonyl (C=O) groups is 2. The topological polar surface area (TPSA) is 175 Å². The van der Waals surface area contributed by atoms with Gasteiger partial charge in [-0.2, -0.15) is 0 Å². The molecule has 1 fully saturated rings. The van der Waals surface area contributed by atoms with Crippen molar-refractivity contribution in [1.82, 2.24) is 5.32 Å². The summed E-state index contributed by atoms with van der Waals surface area (Å²) in [5.41, 5.74) is 0. The second-order valence-corrected chi connectivity index (χ2v) is 20.4. The summed E-state index contributed by atoms with van der Waals surface area (Å²) in [6, 6.07) is -1.04. The summed E-state index contributed by atoms with van der Waals surface area (Å²) in [5, 5.41) is 56.8. The quantitative estimate of drug-likeness (QED) is 0.0195. The van der Waals surface area contributed by atoms with Crippen LogP contribution in [0.4, 0.5) is 0 Å². The van der Waals surface area contributed by atoms with Crippen LogP contribution in [-0.2, 0) is 23.8 Å². The number of aliphatic hydroxyl groups is 5. The van der Waals surface area contributed by atoms with Crippen LogP contribution in [-0.4, -0.2) is 99.6 Å². The fourth-order valence-corrected chi connectivity index (χ4v) is 8.83. The van der Waals surface area contributed by atoms with Gasteiger partial charge in [0.2, 0.25) is 5.91 Å². The summed E-state index contributed by atoms with van der Waals surface area (Å²) < 4.78 is 17.5. The molecule has 0 spiro atoms. The molecule has 11 nitrogen and oxygen atoms in total. The molecule has 6 N–H and O–H groups in total. The Morgan fingerprint density at radius 1 is 0.541 bits per heavy atom. The first-order chi connectivity index (χ1) is 36.2. The minimum absolute atomic E-state index is 0.119. The number of unbranched alkanes of at least 4 members (excludes halogenated alkanes) is 23. The van der Waals surface area contributed by atoms with Gasteiger partial charge in [-0.1, -0.05) is 241 Å². The van der Waals surface area contributed by atoms with Crippen molar-refractivity contribution in [2.75, 3.05) is 13.2 Å². The van der Waals surface area contributed by atoms with Gasteiger partial charge in [0, 0.05) is 6.42 Å². The predicted molar refractivity (Wildman–Crippen MR) is 306 cm³/mol. The number of esters is 1. The number of allylic oxidation sites excluding steroid dienone is 13. The Labute approximate surface area is 451 Å². The zero-order chi connectivity index (χ0) is 54.0. The average molecular weight is 1040 g/mol. The average Bonchev–Trinajstić information content (AvgIpc) is 3.40. The molecule has 74 heavy (non-hydrogen) atoms. The van der Waals surface area contributed by atoms with Crippen molar-refractivity contribution in [2.24, 2.45) is 0 Å². The first-order valence-electron chi connectivity index (χ1n) is 29.9. The Hall–Kier alpha value is -3.16. The molecule has 0 radical (unpaired) electrons. The molecule has 1 heterocycles. The van der Waals surface area contributed by atoms with E-state index in [1.165, 1.54) is 96.3 Å². The second kappa shape index (κ2) is 50.6. The summed E-state index contributed by atoms with van der Waals surface area (Å²) in [6.07, 6.45) is 54.8. The van der Waals surface area contributed by atoms with Crippen LogP contribution < -0.4 is 5.32 Å². The van der Waals surface area contributed by atoms with E-state index in [1.54, 1.807) is 6.08 Å². The van der Waals surface area contributed by atoms with Crippen molar-refractivity contribution in [3.05, 3.63) is 85.1 Å². The molecule has 0 aromatic heterocycles. The maximum absolute atomic E-state index is 13.4. The molecule has 0 saturated carbocycles. The highest BCUT2D eigenvalue weighted by molar-refractivity contribution is 5.80. The van der Waals surface area contributed by atoms with Crippen molar-refractivity contribution in [2.45, 2.75) is 288 Å². The van der Waals surface area contributed by atoms with Crippen molar-refractivity contribution < 1.29 is 49.3 Å². The molecule has 1 aliphatic rings. The van der Waals surface area contributed by atoms with Crippen LogP contribution in [0.15, 0.2) is 85.1 Å². The molecule has 0 bridgehead atoms. The molecular weight excluding hydrogens is 931 g/mol. The van der Waals surface area contributed by atoms with Crippen LogP contribution in [0.25, 0.3) is 0 Å². The highest BCUT2D eigenvalue weighted by atomic mass is 16.7. The molecule has 11 heteroatoms. The lowest BCUT2D eigenvalue weighted by molar-refractivity contribution is -0.305. The summed E-state index contributed by atoms with van der Waals surface area (Å²) >= 11 is 0. The van der Waals surface area contributed by atoms with E-state index in [1.807, 2.05) is 6.08 Å². The van der Waals surface area contributed by atoms with Crippen molar-refractivity contribution in [1.29, 1.82) is 0 Å². The number of carbonyl (C=O) groups excluding carboxylic acids is 2. The Morgan fingerprint density at radius 3 is 1.46 bits per heavy atom. The maximum atomic E-state index is 13.4. The van der Waals surface area contributed by atoms with Crippen molar-refractivity contribution in [3.8, 4) is 0 Å². The van der Waals surface area contributed by atoms with E-state index >= 15 is 0 Å². The van der Waals surface area contributed by atoms with E-state index in [0.717, 1.165) is 96.3 Å². The lowest BCUT2D eigenvalue weighted by atomic mass is 9.99. The molecular formula is C63H109NO10. The lowest BCUT2D eigenvalue weighted by Crippen LogP contribution is -2.61. The van der Waals surface area contributed by atoms with Gasteiger partial charge >= 0.3 is 5.97 Å². The molecule has 0 aliphatic carbocycles. The van der Waals surface area contributed by atoms with Crippen LogP contribution in [0.3, 0.4) is 0 Å². The summed E-state index contributed by atoms with van der Waals surface area (Å²) in [6.45, 7) is 5.63. The van der Waals surface area contributed by atoms with Gasteiger partial charge in [0.05, 0.1) is 25.4 Å². The van der Waals surface area contributed by atoms with Gasteiger partial charge in [-0.3, -0.25) is 9.59 Å². The SMILES string of the molecule is CC/C=C\C/C=C\C/C=C\C/C=C\C/C=C\C/C=C\CCCCCC(O)C(=O)NC(COC1OC(CO)C(O)C(O)C1OC(=O)CCCCCCCCCCCCC)C(O)/C=C/CCCCCCCCCCCC. The van der Waals surface area contributed by atoms with Crippen LogP contribution in [0.2, 0.25) is 0 Å². The Kier molecular flexibility index (Phi) is 47.1. The molecule has 0 aromatic rings. The fourth-order valence-electron chi connectivity index (χ4n) is 8.83. The summed E-state index contributed by atoms with van der Waals surface area (Å²) in [4.78, 5) is 26.4. The van der Waals surface area contributed by atoms with Crippen LogP contribution >= 0.6 is 0 Å². The van der Waals surface area contributed by atoms with Gasteiger partial charge in [0.15, 0.2) is 12.4 Å². The maximum Gasteiger partial charge on any atom is 0.306 e. The zero-order valence-electron chi connectivity index (χ0n) is 46.9. The van der Waals surface area contributed by atoms with Gasteiger partial charge in [0.1, 0.15) is 24.4 Å². The van der Waals surface area contributed by atoms with Crippen molar-refractivity contribution >= 4 is 11.9 Å². The van der Waals surface area contributed by atoms with Gasteiger partial charge in [0.25, 0.3) is 0 Å². The van der Waals surface area contributed by atoms with E-state index < -0.39 is 67.4 Å². The Balaban J connectivity index is 2.71. The molecule has 1 aliphatic heterocycles. The van der Waals surface area contributed by atoms with Gasteiger partial charge in [-0.05, 0) is 77.0 Å². The number of nitrogens with one attached hydrogen (secondary N) is 1. The van der Waals surface area contributed by atoms with E-state index in [9.17, 15) is 35.1 Å². The molecule has 1 saturated heterocycles. The molecule has 426 valence electrons.